The van der Waals surface area contributed by atoms with E-state index in [1.54, 1.807) is 36.5 Å². The fourth-order valence-corrected chi connectivity index (χ4v) is 8.35. The lowest BCUT2D eigenvalue weighted by Crippen LogP contribution is -2.56. The van der Waals surface area contributed by atoms with Crippen molar-refractivity contribution < 1.29 is 23.1 Å². The van der Waals surface area contributed by atoms with Crippen molar-refractivity contribution in [2.75, 3.05) is 32.0 Å². The Balaban J connectivity index is 1.22. The van der Waals surface area contributed by atoms with Crippen LogP contribution in [0.15, 0.2) is 65.8 Å². The van der Waals surface area contributed by atoms with E-state index in [2.05, 4.69) is 15.3 Å². The van der Waals surface area contributed by atoms with Crippen LogP contribution in [0.4, 0.5) is 5.13 Å². The summed E-state index contributed by atoms with van der Waals surface area (Å²) in [5.41, 5.74) is 3.16. The molecule has 2 fully saturated rings. The number of hydrogen-bond acceptors (Lipinski definition) is 9. The van der Waals surface area contributed by atoms with Gasteiger partial charge in [-0.15, -0.1) is 0 Å². The van der Waals surface area contributed by atoms with E-state index in [1.165, 1.54) is 27.8 Å². The molecular weight excluding hydrogens is 601 g/mol. The molecule has 0 spiro atoms. The number of amides is 1. The number of sulfonamides is 1. The molecule has 230 valence electrons. The molecular formula is C31H34N6O5S2. The van der Waals surface area contributed by atoms with Crippen LogP contribution >= 0.6 is 11.3 Å². The van der Waals surface area contributed by atoms with Gasteiger partial charge in [-0.05, 0) is 61.3 Å². The number of anilines is 1. The first-order chi connectivity index (χ1) is 21.2. The molecule has 1 aromatic carbocycles. The van der Waals surface area contributed by atoms with E-state index in [4.69, 9.17) is 4.98 Å². The molecule has 1 saturated heterocycles. The first kappa shape index (κ1) is 30.3. The first-order valence-corrected chi connectivity index (χ1v) is 17.0. The predicted octanol–water partition coefficient (Wildman–Crippen LogP) is 4.45. The normalized spacial score (nSPS) is 19.2. The number of piperazine rings is 1. The molecule has 13 heteroatoms. The Morgan fingerprint density at radius 1 is 1.02 bits per heavy atom. The molecule has 4 aromatic rings. The number of carbonyl (C=O) groups is 2. The molecule has 0 radical (unpaired) electrons. The van der Waals surface area contributed by atoms with Crippen molar-refractivity contribution in [1.82, 2.24) is 24.2 Å². The van der Waals surface area contributed by atoms with Crippen molar-refractivity contribution in [3.8, 4) is 11.3 Å². The lowest BCUT2D eigenvalue weighted by Gasteiger charge is -2.36. The first-order valence-electron chi connectivity index (χ1n) is 14.7. The van der Waals surface area contributed by atoms with Crippen LogP contribution in [0, 0.1) is 5.92 Å². The van der Waals surface area contributed by atoms with Gasteiger partial charge in [0.2, 0.25) is 15.9 Å². The lowest BCUT2D eigenvalue weighted by atomic mass is 9.87. The molecule has 0 bridgehead atoms. The van der Waals surface area contributed by atoms with Crippen molar-refractivity contribution >= 4 is 48.7 Å². The van der Waals surface area contributed by atoms with Crippen molar-refractivity contribution in [3.05, 3.63) is 66.5 Å². The molecule has 44 heavy (non-hydrogen) atoms. The Kier molecular flexibility index (Phi) is 8.72. The highest BCUT2D eigenvalue weighted by Gasteiger charge is 2.36. The largest absolute Gasteiger partial charge is 0.480 e. The molecule has 1 saturated carbocycles. The summed E-state index contributed by atoms with van der Waals surface area (Å²) in [6, 6.07) is 13.1. The van der Waals surface area contributed by atoms with E-state index in [0.29, 0.717) is 34.4 Å². The van der Waals surface area contributed by atoms with Gasteiger partial charge in [-0.2, -0.15) is 4.31 Å². The zero-order chi connectivity index (χ0) is 30.8. The zero-order valence-corrected chi connectivity index (χ0v) is 25.9. The highest BCUT2D eigenvalue weighted by molar-refractivity contribution is 7.89. The Bertz CT molecular complexity index is 1760. The number of rotatable bonds is 9. The van der Waals surface area contributed by atoms with Crippen LogP contribution in [0.3, 0.4) is 0 Å². The van der Waals surface area contributed by atoms with Crippen LogP contribution in [-0.4, -0.2) is 82.3 Å². The molecule has 3 aromatic heterocycles. The molecule has 1 amide bonds. The molecule has 2 atom stereocenters. The number of carboxylic acids is 1. The van der Waals surface area contributed by atoms with E-state index >= 15 is 0 Å². The van der Waals surface area contributed by atoms with E-state index in [0.717, 1.165) is 42.5 Å². The minimum absolute atomic E-state index is 0.0808. The maximum absolute atomic E-state index is 13.8. The van der Waals surface area contributed by atoms with Gasteiger partial charge in [0.05, 0.1) is 16.5 Å². The van der Waals surface area contributed by atoms with Crippen LogP contribution in [-0.2, 0) is 19.6 Å². The second kappa shape index (κ2) is 12.7. The number of nitrogens with zero attached hydrogens (tertiary/aromatic N) is 5. The molecule has 1 unspecified atom stereocenters. The number of fused-ring (bicyclic) bond motifs is 1. The summed E-state index contributed by atoms with van der Waals surface area (Å²) in [5, 5.41) is 13.0. The van der Waals surface area contributed by atoms with E-state index in [9.17, 15) is 23.1 Å². The van der Waals surface area contributed by atoms with Crippen molar-refractivity contribution in [1.29, 1.82) is 0 Å². The topological polar surface area (TPSA) is 146 Å². The number of hydrogen-bond donors (Lipinski definition) is 2. The van der Waals surface area contributed by atoms with E-state index in [1.807, 2.05) is 24.3 Å². The van der Waals surface area contributed by atoms with Crippen molar-refractivity contribution in [2.24, 2.45) is 5.92 Å². The van der Waals surface area contributed by atoms with Gasteiger partial charge in [0, 0.05) is 37.6 Å². The van der Waals surface area contributed by atoms with Crippen LogP contribution in [0.5, 0.6) is 0 Å². The fourth-order valence-electron chi connectivity index (χ4n) is 6.08. The summed E-state index contributed by atoms with van der Waals surface area (Å²) >= 11 is 1.31. The van der Waals surface area contributed by atoms with Gasteiger partial charge in [-0.3, -0.25) is 19.5 Å². The number of thiazole rings is 1. The summed E-state index contributed by atoms with van der Waals surface area (Å²) < 4.78 is 28.1. The Morgan fingerprint density at radius 3 is 2.45 bits per heavy atom. The maximum atomic E-state index is 13.8. The average molecular weight is 635 g/mol. The summed E-state index contributed by atoms with van der Waals surface area (Å²) in [4.78, 5) is 41.2. The van der Waals surface area contributed by atoms with E-state index in [-0.39, 0.29) is 23.9 Å². The van der Waals surface area contributed by atoms with Crippen LogP contribution in [0.25, 0.3) is 21.6 Å². The average Bonchev–Trinajstić information content (AvgIpc) is 3.69. The summed E-state index contributed by atoms with van der Waals surface area (Å²) in [6.07, 6.45) is 8.50. The van der Waals surface area contributed by atoms with Gasteiger partial charge in [-0.25, -0.2) is 18.4 Å². The molecule has 1 aliphatic heterocycles. The molecule has 2 aliphatic rings. The highest BCUT2D eigenvalue weighted by atomic mass is 32.2. The van der Waals surface area contributed by atoms with Gasteiger partial charge >= 0.3 is 5.97 Å². The van der Waals surface area contributed by atoms with Gasteiger partial charge in [0.15, 0.2) is 5.13 Å². The number of aliphatic carboxylic acids is 1. The monoisotopic (exact) mass is 634 g/mol. The standard InChI is InChI=1S/C31H34N6O5S2/c1-36-16-17-37(19-27(36)30(39)40)44(41,42)23-8-6-21(7-9-23)24(18-20-4-2-3-5-20)28(38)35-31-34-26-11-10-25(33-29(26)43-31)22-12-14-32-15-13-22/h6-15,20,24,27H,2-5,16-19H2,1H3,(H,39,40)(H,34,35,38)/t24?,27-/m1/s1. The van der Waals surface area contributed by atoms with Crippen LogP contribution < -0.4 is 5.32 Å². The number of nitrogens with one attached hydrogen (secondary N) is 1. The second-order valence-corrected chi connectivity index (χ2v) is 14.4. The number of likely N-dealkylation sites (N-methyl/N-ethyl adjacent to an activating group) is 1. The summed E-state index contributed by atoms with van der Waals surface area (Å²) in [7, 11) is -2.22. The summed E-state index contributed by atoms with van der Waals surface area (Å²) in [5.74, 6) is -1.32. The van der Waals surface area contributed by atoms with Gasteiger partial charge in [-0.1, -0.05) is 49.2 Å². The number of carboxylic acid groups (broad SMARTS) is 1. The minimum Gasteiger partial charge on any atom is -0.480 e. The highest BCUT2D eigenvalue weighted by Crippen LogP contribution is 2.36. The smallest absolute Gasteiger partial charge is 0.322 e. The number of benzene rings is 1. The molecule has 11 nitrogen and oxygen atoms in total. The number of aromatic nitrogens is 3. The van der Waals surface area contributed by atoms with Gasteiger partial charge in [0.25, 0.3) is 0 Å². The summed E-state index contributed by atoms with van der Waals surface area (Å²) in [6.45, 7) is 0.409. The predicted molar refractivity (Wildman–Crippen MR) is 168 cm³/mol. The lowest BCUT2D eigenvalue weighted by molar-refractivity contribution is -0.144. The maximum Gasteiger partial charge on any atom is 0.322 e. The van der Waals surface area contributed by atoms with Gasteiger partial charge in [0.1, 0.15) is 16.4 Å². The quantitative estimate of drug-likeness (QED) is 0.273. The van der Waals surface area contributed by atoms with E-state index < -0.39 is 28.0 Å². The zero-order valence-electron chi connectivity index (χ0n) is 24.3. The fraction of sp³-hybridized carbons (Fsp3) is 0.387. The number of carbonyl (C=O) groups excluding carboxylic acids is 1. The molecule has 4 heterocycles. The SMILES string of the molecule is CN1CCN(S(=O)(=O)c2ccc(C(CC3CCCC3)C(=O)Nc3nc4ccc(-c5ccncc5)nc4s3)cc2)C[C@@H]1C(=O)O. The second-order valence-electron chi connectivity index (χ2n) is 11.5. The Labute approximate surface area is 260 Å². The van der Waals surface area contributed by atoms with Crippen molar-refractivity contribution in [2.45, 2.75) is 49.0 Å². The number of pyridine rings is 2. The molecule has 6 rings (SSSR count). The third-order valence-corrected chi connectivity index (χ3v) is 11.4. The van der Waals surface area contributed by atoms with Gasteiger partial charge < -0.3 is 10.4 Å². The Hall–Kier alpha value is -3.78. The molecule has 1 aliphatic carbocycles. The Morgan fingerprint density at radius 2 is 1.75 bits per heavy atom. The third-order valence-electron chi connectivity index (χ3n) is 8.64. The van der Waals surface area contributed by atoms with Crippen LogP contribution in [0.2, 0.25) is 0 Å². The third kappa shape index (κ3) is 6.36. The molecule has 2 N–H and O–H groups in total. The van der Waals surface area contributed by atoms with Crippen LogP contribution in [0.1, 0.15) is 43.6 Å². The van der Waals surface area contributed by atoms with Crippen molar-refractivity contribution in [3.63, 3.8) is 0 Å². The minimum atomic E-state index is -3.90.